The second-order valence-corrected chi connectivity index (χ2v) is 11.6. The Kier molecular flexibility index (Phi) is 9.15. The number of carbonyl (C=O) groups excluding carboxylic acids is 2. The van der Waals surface area contributed by atoms with Crippen LogP contribution in [0.15, 0.2) is 78.0 Å². The van der Waals surface area contributed by atoms with Crippen LogP contribution in [0, 0.1) is 6.92 Å². The Balaban J connectivity index is 1.21. The second-order valence-electron chi connectivity index (χ2n) is 10.6. The lowest BCUT2D eigenvalue weighted by Crippen LogP contribution is -2.41. The number of nitrogens with one attached hydrogen (secondary N) is 1. The molecule has 1 N–H and O–H groups in total. The van der Waals surface area contributed by atoms with Gasteiger partial charge in [0.05, 0.1) is 17.1 Å². The summed E-state index contributed by atoms with van der Waals surface area (Å²) in [7, 11) is 0. The molecule has 0 bridgehead atoms. The van der Waals surface area contributed by atoms with Gasteiger partial charge in [-0.2, -0.15) is 26.9 Å². The molecule has 240 valence electrons. The van der Waals surface area contributed by atoms with Crippen molar-refractivity contribution in [2.75, 3.05) is 10.7 Å². The number of carbonyl (C=O) groups is 2. The van der Waals surface area contributed by atoms with Crippen molar-refractivity contribution in [3.05, 3.63) is 89.7 Å². The van der Waals surface area contributed by atoms with E-state index in [1.54, 1.807) is 24.3 Å². The highest BCUT2D eigenvalue weighted by Gasteiger charge is 2.61. The third-order valence-electron chi connectivity index (χ3n) is 6.84. The second kappa shape index (κ2) is 12.9. The van der Waals surface area contributed by atoms with Gasteiger partial charge in [0.15, 0.2) is 11.0 Å². The Morgan fingerprint density at radius 1 is 1.04 bits per heavy atom. The van der Waals surface area contributed by atoms with Gasteiger partial charge in [-0.15, -0.1) is 5.10 Å². The van der Waals surface area contributed by atoms with Gasteiger partial charge in [0.25, 0.3) is 0 Å². The fourth-order valence-corrected chi connectivity index (χ4v) is 5.34. The number of halogens is 5. The molecule has 0 atom stereocenters. The Morgan fingerprint density at radius 2 is 1.74 bits per heavy atom. The number of alkyl halides is 5. The minimum absolute atomic E-state index is 0.146. The number of hydrogen-bond donors (Lipinski definition) is 1. The van der Waals surface area contributed by atoms with Gasteiger partial charge < -0.3 is 10.1 Å². The van der Waals surface area contributed by atoms with Crippen LogP contribution in [-0.2, 0) is 11.3 Å². The number of nitrogens with zero attached hydrogens (tertiary/aromatic N) is 5. The summed E-state index contributed by atoms with van der Waals surface area (Å²) in [5, 5.41) is 7.38. The van der Waals surface area contributed by atoms with Gasteiger partial charge in [0.2, 0.25) is 5.91 Å². The van der Waals surface area contributed by atoms with E-state index >= 15 is 0 Å². The fourth-order valence-electron chi connectivity index (χ4n) is 4.49. The molecule has 1 saturated heterocycles. The molecule has 0 radical (unpaired) electrons. The first-order valence-corrected chi connectivity index (χ1v) is 14.9. The van der Waals surface area contributed by atoms with Gasteiger partial charge in [-0.05, 0) is 59.9 Å². The standard InChI is InChI=1S/C31H27F5N6O3S/c1-18(2)24-13-4-19(3)14-25(24)42-26(43)16-46-29(42)39-28(44)37-15-20-5-7-21(8-6-20)27-38-17-41(40-27)22-9-11-23(12-10-22)45-31(35,36)30(32,33)34/h4-14,17-18H,15-16H2,1-3H3,(H,37,44). The fraction of sp³-hybridized carbons (Fsp3) is 0.258. The first-order valence-electron chi connectivity index (χ1n) is 13.9. The summed E-state index contributed by atoms with van der Waals surface area (Å²) < 4.78 is 68.6. The number of amidine groups is 1. The monoisotopic (exact) mass is 658 g/mol. The molecular formula is C31H27F5N6O3S. The van der Waals surface area contributed by atoms with E-state index < -0.39 is 24.1 Å². The smallest absolute Gasteiger partial charge is 0.426 e. The maximum Gasteiger partial charge on any atom is 0.499 e. The minimum atomic E-state index is -5.85. The third-order valence-corrected chi connectivity index (χ3v) is 7.76. The van der Waals surface area contributed by atoms with Crippen molar-refractivity contribution in [1.82, 2.24) is 20.1 Å². The molecule has 1 aliphatic heterocycles. The molecule has 5 rings (SSSR count). The number of hydrogen-bond acceptors (Lipinski definition) is 6. The lowest BCUT2D eigenvalue weighted by molar-refractivity contribution is -0.360. The SMILES string of the molecule is Cc1ccc(C(C)C)c(N2C(=O)CSC2=NC(=O)NCc2ccc(-c3ncn(-c4ccc(OC(F)(F)C(F)(F)F)cc4)n3)cc2)c1. The molecule has 1 aliphatic rings. The van der Waals surface area contributed by atoms with Gasteiger partial charge in [-0.3, -0.25) is 9.69 Å². The van der Waals surface area contributed by atoms with Gasteiger partial charge in [-0.25, -0.2) is 14.5 Å². The Bertz CT molecular complexity index is 1770. The summed E-state index contributed by atoms with van der Waals surface area (Å²) in [5.74, 6) is -0.141. The molecule has 1 fully saturated rings. The van der Waals surface area contributed by atoms with Crippen molar-refractivity contribution in [3.8, 4) is 22.8 Å². The van der Waals surface area contributed by atoms with E-state index in [-0.39, 0.29) is 24.1 Å². The number of thioether (sulfide) groups is 1. The molecule has 1 aromatic heterocycles. The summed E-state index contributed by atoms with van der Waals surface area (Å²) >= 11 is 1.21. The zero-order valence-electron chi connectivity index (χ0n) is 24.7. The van der Waals surface area contributed by atoms with Gasteiger partial charge in [-0.1, -0.05) is 62.0 Å². The van der Waals surface area contributed by atoms with Crippen molar-refractivity contribution in [2.45, 2.75) is 45.5 Å². The van der Waals surface area contributed by atoms with Crippen LogP contribution in [0.5, 0.6) is 5.75 Å². The number of aliphatic imine (C=N–C) groups is 1. The van der Waals surface area contributed by atoms with Crippen molar-refractivity contribution >= 4 is 34.6 Å². The molecule has 0 unspecified atom stereocenters. The first kappa shape index (κ1) is 32.6. The zero-order valence-corrected chi connectivity index (χ0v) is 25.5. The topological polar surface area (TPSA) is 102 Å². The summed E-state index contributed by atoms with van der Waals surface area (Å²) in [6, 6.07) is 16.8. The third kappa shape index (κ3) is 7.19. The van der Waals surface area contributed by atoms with Crippen molar-refractivity contribution in [3.63, 3.8) is 0 Å². The number of urea groups is 1. The van der Waals surface area contributed by atoms with Crippen LogP contribution in [0.25, 0.3) is 17.1 Å². The van der Waals surface area contributed by atoms with E-state index in [0.29, 0.717) is 22.2 Å². The molecule has 4 aromatic rings. The van der Waals surface area contributed by atoms with E-state index in [1.807, 2.05) is 39.0 Å². The lowest BCUT2D eigenvalue weighted by atomic mass is 9.99. The van der Waals surface area contributed by atoms with Gasteiger partial charge >= 0.3 is 18.3 Å². The quantitative estimate of drug-likeness (QED) is 0.200. The van der Waals surface area contributed by atoms with Gasteiger partial charge in [0.1, 0.15) is 12.1 Å². The van der Waals surface area contributed by atoms with E-state index in [9.17, 15) is 31.5 Å². The molecule has 0 spiro atoms. The van der Waals surface area contributed by atoms with E-state index in [4.69, 9.17) is 0 Å². The number of anilines is 1. The number of rotatable bonds is 8. The summed E-state index contributed by atoms with van der Waals surface area (Å²) in [4.78, 5) is 35.4. The van der Waals surface area contributed by atoms with Gasteiger partial charge in [0, 0.05) is 12.1 Å². The maximum absolute atomic E-state index is 13.1. The molecule has 3 aromatic carbocycles. The average molecular weight is 659 g/mol. The summed E-state index contributed by atoms with van der Waals surface area (Å²) in [6.07, 6.45) is -9.81. The largest absolute Gasteiger partial charge is 0.499 e. The normalized spacial score (nSPS) is 14.8. The predicted octanol–water partition coefficient (Wildman–Crippen LogP) is 7.25. The van der Waals surface area contributed by atoms with Crippen molar-refractivity contribution in [1.29, 1.82) is 0 Å². The molecule has 46 heavy (non-hydrogen) atoms. The lowest BCUT2D eigenvalue weighted by Gasteiger charge is -2.22. The molecule has 15 heteroatoms. The minimum Gasteiger partial charge on any atom is -0.426 e. The molecule has 9 nitrogen and oxygen atoms in total. The van der Waals surface area contributed by atoms with E-state index in [2.05, 4.69) is 25.1 Å². The number of aryl methyl sites for hydroxylation is 1. The summed E-state index contributed by atoms with van der Waals surface area (Å²) in [6.45, 7) is 6.18. The summed E-state index contributed by atoms with van der Waals surface area (Å²) in [5.41, 5.74) is 4.43. The average Bonchev–Trinajstić information content (AvgIpc) is 3.63. The van der Waals surface area contributed by atoms with E-state index in [1.165, 1.54) is 39.8 Å². The Hall–Kier alpha value is -4.79. The highest BCUT2D eigenvalue weighted by molar-refractivity contribution is 8.15. The zero-order chi connectivity index (χ0) is 33.2. The first-order chi connectivity index (χ1) is 21.7. The van der Waals surface area contributed by atoms with Crippen molar-refractivity contribution in [2.24, 2.45) is 4.99 Å². The van der Waals surface area contributed by atoms with Crippen LogP contribution >= 0.6 is 11.8 Å². The molecular weight excluding hydrogens is 631 g/mol. The Labute approximate surface area is 264 Å². The van der Waals surface area contributed by atoms with Crippen LogP contribution < -0.4 is 15.0 Å². The maximum atomic E-state index is 13.1. The van der Waals surface area contributed by atoms with Crippen molar-refractivity contribution < 1.29 is 36.3 Å². The number of aromatic nitrogens is 3. The van der Waals surface area contributed by atoms with Crippen LogP contribution in [0.1, 0.15) is 36.5 Å². The van der Waals surface area contributed by atoms with E-state index in [0.717, 1.165) is 34.5 Å². The molecule has 0 aliphatic carbocycles. The Morgan fingerprint density at radius 3 is 2.39 bits per heavy atom. The van der Waals surface area contributed by atoms with Crippen LogP contribution in [0.2, 0.25) is 0 Å². The van der Waals surface area contributed by atoms with Crippen LogP contribution in [0.3, 0.4) is 0 Å². The van der Waals surface area contributed by atoms with Crippen LogP contribution in [0.4, 0.5) is 32.4 Å². The predicted molar refractivity (Wildman–Crippen MR) is 163 cm³/mol. The highest BCUT2D eigenvalue weighted by atomic mass is 32.2. The highest BCUT2D eigenvalue weighted by Crippen LogP contribution is 2.37. The molecule has 0 saturated carbocycles. The molecule has 2 heterocycles. The number of amides is 3. The number of ether oxygens (including phenoxy) is 1. The number of benzene rings is 3. The molecule has 3 amide bonds. The van der Waals surface area contributed by atoms with Crippen LogP contribution in [-0.4, -0.2) is 49.9 Å².